The summed E-state index contributed by atoms with van der Waals surface area (Å²) in [4.78, 5) is 0. The summed E-state index contributed by atoms with van der Waals surface area (Å²) in [6.07, 6.45) is 1.57. The summed E-state index contributed by atoms with van der Waals surface area (Å²) in [5, 5.41) is 21.2. The number of rotatable bonds is 12. The number of aliphatic hydroxyl groups is 1. The Labute approximate surface area is 253 Å². The number of phenols is 1. The SMILES string of the molecule is C[C@]12C[C@H](c3ccc(OCCCCCCS(=O)(=O)CCCC(F)(F)F)cc3)[C@@H]3c4ccc(O)cc4CC[C@H]3[C@@H]1CC[C@@H]2O. The number of hydrogen-bond donors (Lipinski definition) is 2. The van der Waals surface area contributed by atoms with Crippen LogP contribution >= 0.6 is 0 Å². The maximum Gasteiger partial charge on any atom is 0.389 e. The van der Waals surface area contributed by atoms with Gasteiger partial charge in [0, 0.05) is 6.42 Å². The lowest BCUT2D eigenvalue weighted by atomic mass is 9.51. The third kappa shape index (κ3) is 7.52. The van der Waals surface area contributed by atoms with Crippen molar-refractivity contribution in [1.29, 1.82) is 0 Å². The smallest absolute Gasteiger partial charge is 0.389 e. The Morgan fingerprint density at radius 3 is 2.42 bits per heavy atom. The molecule has 0 aliphatic heterocycles. The van der Waals surface area contributed by atoms with E-state index in [9.17, 15) is 31.8 Å². The first-order chi connectivity index (χ1) is 20.4. The van der Waals surface area contributed by atoms with E-state index in [0.717, 1.165) is 50.7 Å². The fourth-order valence-corrected chi connectivity index (χ4v) is 9.80. The number of halogens is 3. The minimum absolute atomic E-state index is 0.0708. The maximum atomic E-state index is 12.3. The van der Waals surface area contributed by atoms with Crippen molar-refractivity contribution < 1.29 is 36.5 Å². The number of sulfone groups is 1. The number of aromatic hydroxyl groups is 1. The Kier molecular flexibility index (Phi) is 9.72. The summed E-state index contributed by atoms with van der Waals surface area (Å²) in [6, 6.07) is 14.2. The molecule has 3 aliphatic rings. The maximum absolute atomic E-state index is 12.3. The first kappa shape index (κ1) is 32.1. The number of hydrogen-bond acceptors (Lipinski definition) is 5. The summed E-state index contributed by atoms with van der Waals surface area (Å²) in [5.41, 5.74) is 3.74. The van der Waals surface area contributed by atoms with E-state index < -0.39 is 28.2 Å². The third-order valence-electron chi connectivity index (χ3n) is 10.5. The van der Waals surface area contributed by atoms with Gasteiger partial charge in [-0.1, -0.05) is 38.0 Å². The van der Waals surface area contributed by atoms with Crippen LogP contribution in [0.5, 0.6) is 11.5 Å². The van der Waals surface area contributed by atoms with Crippen LogP contribution in [0.1, 0.15) is 99.7 Å². The highest BCUT2D eigenvalue weighted by atomic mass is 32.2. The van der Waals surface area contributed by atoms with E-state index >= 15 is 0 Å². The van der Waals surface area contributed by atoms with Gasteiger partial charge in [0.15, 0.2) is 0 Å². The van der Waals surface area contributed by atoms with Crippen molar-refractivity contribution in [3.8, 4) is 11.5 Å². The minimum Gasteiger partial charge on any atom is -0.508 e. The summed E-state index contributed by atoms with van der Waals surface area (Å²) in [5.74, 6) is 2.24. The number of benzene rings is 2. The first-order valence-electron chi connectivity index (χ1n) is 15.9. The van der Waals surface area contributed by atoms with E-state index in [1.54, 1.807) is 0 Å². The highest BCUT2D eigenvalue weighted by Crippen LogP contribution is 2.65. The van der Waals surface area contributed by atoms with Crippen molar-refractivity contribution in [2.24, 2.45) is 17.3 Å². The average Bonchev–Trinajstić information content (AvgIpc) is 3.25. The number of unbranched alkanes of at least 4 members (excludes halogenated alkanes) is 3. The lowest BCUT2D eigenvalue weighted by molar-refractivity contribution is -0.134. The molecule has 2 aromatic rings. The number of aryl methyl sites for hydroxylation is 1. The molecule has 0 amide bonds. The van der Waals surface area contributed by atoms with Gasteiger partial charge in [-0.25, -0.2) is 8.42 Å². The lowest BCUT2D eigenvalue weighted by Crippen LogP contribution is -2.47. The molecule has 0 aromatic heterocycles. The Morgan fingerprint density at radius 2 is 1.67 bits per heavy atom. The van der Waals surface area contributed by atoms with E-state index in [2.05, 4.69) is 25.1 Å². The number of aliphatic hydroxyl groups excluding tert-OH is 1. The quantitative estimate of drug-likeness (QED) is 0.237. The van der Waals surface area contributed by atoms with Crippen LogP contribution < -0.4 is 4.74 Å². The molecule has 0 unspecified atom stereocenters. The molecule has 2 saturated carbocycles. The molecule has 0 radical (unpaired) electrons. The van der Waals surface area contributed by atoms with Crippen LogP contribution in [0, 0.1) is 17.3 Å². The minimum atomic E-state index is -4.32. The monoisotopic (exact) mass is 622 g/mol. The molecule has 5 rings (SSSR count). The van der Waals surface area contributed by atoms with Crippen molar-refractivity contribution in [3.05, 3.63) is 59.2 Å². The predicted octanol–water partition coefficient (Wildman–Crippen LogP) is 7.70. The van der Waals surface area contributed by atoms with Crippen LogP contribution in [0.25, 0.3) is 0 Å². The molecule has 5 nitrogen and oxygen atoms in total. The molecule has 238 valence electrons. The molecule has 6 atom stereocenters. The Balaban J connectivity index is 1.14. The number of fused-ring (bicyclic) bond motifs is 5. The molecule has 0 saturated heterocycles. The molecule has 0 bridgehead atoms. The third-order valence-corrected chi connectivity index (χ3v) is 12.3. The van der Waals surface area contributed by atoms with Gasteiger partial charge in [-0.3, -0.25) is 0 Å². The van der Waals surface area contributed by atoms with E-state index in [1.807, 2.05) is 24.3 Å². The first-order valence-corrected chi connectivity index (χ1v) is 17.7. The molecule has 43 heavy (non-hydrogen) atoms. The van der Waals surface area contributed by atoms with E-state index in [0.29, 0.717) is 43.0 Å². The predicted molar refractivity (Wildman–Crippen MR) is 161 cm³/mol. The molecular weight excluding hydrogens is 577 g/mol. The second kappa shape index (κ2) is 13.0. The zero-order valence-corrected chi connectivity index (χ0v) is 25.8. The Bertz CT molecular complexity index is 1340. The lowest BCUT2D eigenvalue weighted by Gasteiger charge is -2.54. The van der Waals surface area contributed by atoms with Crippen LogP contribution in [0.2, 0.25) is 0 Å². The normalized spacial score (nSPS) is 28.6. The number of phenolic OH excluding ortho intramolecular Hbond substituents is 1. The molecule has 2 aromatic carbocycles. The molecule has 0 heterocycles. The van der Waals surface area contributed by atoms with Gasteiger partial charge < -0.3 is 14.9 Å². The zero-order valence-electron chi connectivity index (χ0n) is 25.0. The highest BCUT2D eigenvalue weighted by Gasteiger charge is 2.57. The Hall–Kier alpha value is -2.26. The fourth-order valence-electron chi connectivity index (χ4n) is 8.37. The van der Waals surface area contributed by atoms with Crippen molar-refractivity contribution >= 4 is 9.84 Å². The second-order valence-electron chi connectivity index (χ2n) is 13.3. The van der Waals surface area contributed by atoms with Crippen molar-refractivity contribution in [3.63, 3.8) is 0 Å². The average molecular weight is 623 g/mol. The largest absolute Gasteiger partial charge is 0.508 e. The highest BCUT2D eigenvalue weighted by molar-refractivity contribution is 7.91. The molecule has 3 aliphatic carbocycles. The van der Waals surface area contributed by atoms with Gasteiger partial charge in [-0.15, -0.1) is 0 Å². The molecule has 9 heteroatoms. The van der Waals surface area contributed by atoms with E-state index in [4.69, 9.17) is 4.74 Å². The zero-order chi connectivity index (χ0) is 30.8. The summed E-state index contributed by atoms with van der Waals surface area (Å²) in [6.45, 7) is 2.79. The summed E-state index contributed by atoms with van der Waals surface area (Å²) >= 11 is 0. The molecule has 2 N–H and O–H groups in total. The van der Waals surface area contributed by atoms with E-state index in [1.165, 1.54) is 16.7 Å². The molecule has 0 spiro atoms. The second-order valence-corrected chi connectivity index (χ2v) is 15.6. The molecular formula is C34H45F3O5S. The van der Waals surface area contributed by atoms with Gasteiger partial charge >= 0.3 is 6.18 Å². The van der Waals surface area contributed by atoms with Gasteiger partial charge in [-0.05, 0) is 121 Å². The van der Waals surface area contributed by atoms with Crippen LogP contribution in [-0.2, 0) is 16.3 Å². The summed E-state index contributed by atoms with van der Waals surface area (Å²) in [7, 11) is -3.45. The van der Waals surface area contributed by atoms with Gasteiger partial charge in [0.05, 0.1) is 24.2 Å². The van der Waals surface area contributed by atoms with Gasteiger partial charge in [0.25, 0.3) is 0 Å². The standard InChI is InChI=1S/C34H45F3O5S/c1-33-22-29(32-27-14-10-25(38)21-24(27)9-13-28(32)30(33)15-16-31(33)39)23-7-11-26(12-8-23)42-18-4-2-3-5-19-43(40,41)20-6-17-34(35,36)37/h7-8,10-12,14,21,28-32,38-39H,2-6,9,13,15-20,22H2,1H3/t28-,29+,30-,31-,32+,33-/m0/s1. The number of ether oxygens (including phenoxy) is 1. The van der Waals surface area contributed by atoms with Crippen LogP contribution in [0.4, 0.5) is 13.2 Å². The number of alkyl halides is 3. The van der Waals surface area contributed by atoms with Gasteiger partial charge in [0.1, 0.15) is 21.3 Å². The van der Waals surface area contributed by atoms with Crippen LogP contribution in [0.15, 0.2) is 42.5 Å². The van der Waals surface area contributed by atoms with Crippen molar-refractivity contribution in [2.45, 2.75) is 102 Å². The fraction of sp³-hybridized carbons (Fsp3) is 0.647. The Morgan fingerprint density at radius 1 is 0.953 bits per heavy atom. The van der Waals surface area contributed by atoms with E-state index in [-0.39, 0.29) is 29.6 Å². The topological polar surface area (TPSA) is 83.8 Å². The summed E-state index contributed by atoms with van der Waals surface area (Å²) < 4.78 is 66.6. The van der Waals surface area contributed by atoms with Crippen molar-refractivity contribution in [1.82, 2.24) is 0 Å². The van der Waals surface area contributed by atoms with Gasteiger partial charge in [-0.2, -0.15) is 13.2 Å². The molecule has 2 fully saturated rings. The van der Waals surface area contributed by atoms with Crippen LogP contribution in [-0.4, -0.2) is 49.0 Å². The van der Waals surface area contributed by atoms with Gasteiger partial charge in [0.2, 0.25) is 0 Å². The van der Waals surface area contributed by atoms with Crippen LogP contribution in [0.3, 0.4) is 0 Å². The van der Waals surface area contributed by atoms with Crippen molar-refractivity contribution in [2.75, 3.05) is 18.1 Å².